The maximum atomic E-state index is 13.1. The topological polar surface area (TPSA) is 154 Å². The van der Waals surface area contributed by atoms with Gasteiger partial charge >= 0.3 is 11.9 Å². The largest absolute Gasteiger partial charge is 0.505 e. The number of aromatic hydroxyl groups is 1. The Morgan fingerprint density at radius 3 is 2.10 bits per heavy atom. The number of aryl methyl sites for hydroxylation is 1. The quantitative estimate of drug-likeness (QED) is 0.137. The van der Waals surface area contributed by atoms with Gasteiger partial charge in [0.2, 0.25) is 0 Å². The maximum Gasteiger partial charge on any atom is 0.347 e. The normalized spacial score (nSPS) is 11.0. The van der Waals surface area contributed by atoms with Crippen LogP contribution in [0.15, 0.2) is 95.2 Å². The Labute approximate surface area is 231 Å². The van der Waals surface area contributed by atoms with E-state index in [-0.39, 0.29) is 33.1 Å². The number of azo groups is 1. The number of nitrogens with zero attached hydrogens (tertiary/aromatic N) is 3. The van der Waals surface area contributed by atoms with Crippen molar-refractivity contribution >= 4 is 50.8 Å². The molecule has 0 aliphatic carbocycles. The summed E-state index contributed by atoms with van der Waals surface area (Å²) < 4.78 is 15.0. The smallest absolute Gasteiger partial charge is 0.347 e. The molecule has 0 spiro atoms. The van der Waals surface area contributed by atoms with Crippen molar-refractivity contribution < 1.29 is 29.0 Å². The number of benzene rings is 4. The Kier molecular flexibility index (Phi) is 7.29. The first kappa shape index (κ1) is 26.2. The van der Waals surface area contributed by atoms with E-state index in [0.29, 0.717) is 22.2 Å². The number of aromatic nitrogens is 1. The number of amides is 1. The molecule has 0 saturated heterocycles. The number of rotatable bonds is 7. The molecular formula is C29H20N4O6S. The number of phenolic OH excluding ortho intramolecular Hbond substituents is 1. The highest BCUT2D eigenvalue weighted by molar-refractivity contribution is 7.10. The first-order chi connectivity index (χ1) is 19.3. The Morgan fingerprint density at radius 1 is 0.850 bits per heavy atom. The van der Waals surface area contributed by atoms with Crippen LogP contribution in [0.5, 0.6) is 17.2 Å². The van der Waals surface area contributed by atoms with Crippen molar-refractivity contribution in [3.05, 3.63) is 107 Å². The summed E-state index contributed by atoms with van der Waals surface area (Å²) >= 11 is 0.909. The number of carbonyl (C=O) groups excluding carboxylic acids is 3. The van der Waals surface area contributed by atoms with Crippen LogP contribution in [0.3, 0.4) is 0 Å². The Morgan fingerprint density at radius 2 is 1.48 bits per heavy atom. The molecule has 1 heterocycles. The highest BCUT2D eigenvalue weighted by Crippen LogP contribution is 2.41. The molecule has 5 rings (SSSR count). The third-order valence-electron chi connectivity index (χ3n) is 5.78. The minimum absolute atomic E-state index is 0.0815. The van der Waals surface area contributed by atoms with Gasteiger partial charge < -0.3 is 20.3 Å². The third kappa shape index (κ3) is 5.40. The highest BCUT2D eigenvalue weighted by Gasteiger charge is 2.22. The number of fused-ring (bicyclic) bond motifs is 1. The number of nitrogens with two attached hydrogens (primary N) is 1. The molecule has 40 heavy (non-hydrogen) atoms. The Hall–Kier alpha value is -5.42. The molecule has 1 aromatic heterocycles. The molecule has 0 fully saturated rings. The summed E-state index contributed by atoms with van der Waals surface area (Å²) in [6.45, 7) is 1.61. The van der Waals surface area contributed by atoms with Crippen LogP contribution in [0, 0.1) is 6.92 Å². The predicted molar refractivity (Wildman–Crippen MR) is 148 cm³/mol. The molecule has 11 heteroatoms. The summed E-state index contributed by atoms with van der Waals surface area (Å²) in [5.74, 6) is -2.07. The number of esters is 2. The van der Waals surface area contributed by atoms with E-state index in [1.54, 1.807) is 73.7 Å². The standard InChI is InChI=1S/C29H20N4O6S/c1-16-23(26(30)35)27(40-33-16)32-31-24-21-13-12-17(28(36)38-19-8-4-2-5-9-19)14-18(21)15-22(25(24)34)29(37)39-20-10-6-3-7-11-20/h2-15,34H,1H3,(H2,30,35). The molecule has 198 valence electrons. The lowest BCUT2D eigenvalue weighted by molar-refractivity contribution is 0.0724. The van der Waals surface area contributed by atoms with Crippen molar-refractivity contribution in [3.8, 4) is 17.2 Å². The fraction of sp³-hybridized carbons (Fsp3) is 0.0345. The van der Waals surface area contributed by atoms with Crippen molar-refractivity contribution in [2.24, 2.45) is 16.0 Å². The van der Waals surface area contributed by atoms with Gasteiger partial charge in [-0.05, 0) is 66.3 Å². The van der Waals surface area contributed by atoms with E-state index in [4.69, 9.17) is 15.2 Å². The zero-order valence-electron chi connectivity index (χ0n) is 20.9. The van der Waals surface area contributed by atoms with Gasteiger partial charge in [-0.1, -0.05) is 42.5 Å². The zero-order chi connectivity index (χ0) is 28.2. The molecule has 0 aliphatic heterocycles. The van der Waals surface area contributed by atoms with Crippen LogP contribution in [0.1, 0.15) is 36.8 Å². The molecule has 10 nitrogen and oxygen atoms in total. The highest BCUT2D eigenvalue weighted by atomic mass is 32.1. The molecule has 5 aromatic rings. The van der Waals surface area contributed by atoms with Crippen LogP contribution in [0.2, 0.25) is 0 Å². The van der Waals surface area contributed by atoms with Crippen molar-refractivity contribution in [2.45, 2.75) is 6.92 Å². The van der Waals surface area contributed by atoms with Gasteiger partial charge in [-0.15, -0.1) is 10.2 Å². The van der Waals surface area contributed by atoms with Gasteiger partial charge in [0.25, 0.3) is 5.91 Å². The summed E-state index contributed by atoms with van der Waals surface area (Å²) in [5.41, 5.74) is 5.85. The number of hydrogen-bond acceptors (Lipinski definition) is 10. The van der Waals surface area contributed by atoms with Gasteiger partial charge in [-0.2, -0.15) is 4.37 Å². The fourth-order valence-corrected chi connectivity index (χ4v) is 4.60. The van der Waals surface area contributed by atoms with Crippen molar-refractivity contribution in [3.63, 3.8) is 0 Å². The second-order valence-corrected chi connectivity index (χ2v) is 9.23. The van der Waals surface area contributed by atoms with Gasteiger partial charge in [0.1, 0.15) is 28.3 Å². The van der Waals surface area contributed by atoms with Gasteiger partial charge in [-0.25, -0.2) is 9.59 Å². The van der Waals surface area contributed by atoms with E-state index in [0.717, 1.165) is 11.5 Å². The average Bonchev–Trinajstić information content (AvgIpc) is 3.33. The molecule has 1 amide bonds. The summed E-state index contributed by atoms with van der Waals surface area (Å²) in [7, 11) is 0. The van der Waals surface area contributed by atoms with Crippen LogP contribution in [-0.4, -0.2) is 27.3 Å². The van der Waals surface area contributed by atoms with Gasteiger partial charge in [0.05, 0.1) is 11.3 Å². The first-order valence-corrected chi connectivity index (χ1v) is 12.6. The molecule has 0 saturated carbocycles. The van der Waals surface area contributed by atoms with Gasteiger partial charge in [0, 0.05) is 5.39 Å². The number of hydrogen-bond donors (Lipinski definition) is 2. The second-order valence-electron chi connectivity index (χ2n) is 8.47. The number of carbonyl (C=O) groups is 3. The maximum absolute atomic E-state index is 13.1. The lowest BCUT2D eigenvalue weighted by Crippen LogP contribution is -2.11. The van der Waals surface area contributed by atoms with E-state index in [1.165, 1.54) is 18.2 Å². The number of phenols is 1. The monoisotopic (exact) mass is 552 g/mol. The molecule has 0 atom stereocenters. The van der Waals surface area contributed by atoms with Crippen LogP contribution < -0.4 is 15.2 Å². The summed E-state index contributed by atoms with van der Waals surface area (Å²) in [5, 5.41) is 20.3. The molecule has 0 bridgehead atoms. The second kappa shape index (κ2) is 11.1. The van der Waals surface area contributed by atoms with Crippen molar-refractivity contribution in [2.75, 3.05) is 0 Å². The number of primary amides is 1. The fourth-order valence-electron chi connectivity index (χ4n) is 3.87. The lowest BCUT2D eigenvalue weighted by atomic mass is 10.0. The van der Waals surface area contributed by atoms with E-state index in [9.17, 15) is 19.5 Å². The minimum Gasteiger partial charge on any atom is -0.505 e. The zero-order valence-corrected chi connectivity index (χ0v) is 21.7. The first-order valence-electron chi connectivity index (χ1n) is 11.8. The molecule has 0 aliphatic rings. The van der Waals surface area contributed by atoms with Crippen molar-refractivity contribution in [1.82, 2.24) is 4.37 Å². The number of ether oxygens (including phenoxy) is 2. The van der Waals surface area contributed by atoms with E-state index in [2.05, 4.69) is 14.6 Å². The molecular weight excluding hydrogens is 532 g/mol. The SMILES string of the molecule is Cc1nsc(N=Nc2c(O)c(C(=O)Oc3ccccc3)cc3cc(C(=O)Oc4ccccc4)ccc23)c1C(N)=O. The Bertz CT molecular complexity index is 1790. The molecule has 3 N–H and O–H groups in total. The van der Waals surface area contributed by atoms with E-state index < -0.39 is 23.6 Å². The molecule has 0 radical (unpaired) electrons. The van der Waals surface area contributed by atoms with Crippen LogP contribution in [0.4, 0.5) is 10.7 Å². The van der Waals surface area contributed by atoms with E-state index >= 15 is 0 Å². The van der Waals surface area contributed by atoms with Crippen LogP contribution in [-0.2, 0) is 0 Å². The summed E-state index contributed by atoms with van der Waals surface area (Å²) in [6, 6.07) is 22.8. The average molecular weight is 553 g/mol. The van der Waals surface area contributed by atoms with Crippen molar-refractivity contribution in [1.29, 1.82) is 0 Å². The van der Waals surface area contributed by atoms with Gasteiger partial charge in [0.15, 0.2) is 10.8 Å². The summed E-state index contributed by atoms with van der Waals surface area (Å²) in [6.07, 6.45) is 0. The third-order valence-corrected chi connectivity index (χ3v) is 6.60. The predicted octanol–water partition coefficient (Wildman–Crippen LogP) is 6.26. The van der Waals surface area contributed by atoms with E-state index in [1.807, 2.05) is 0 Å². The Balaban J connectivity index is 1.60. The van der Waals surface area contributed by atoms with Crippen LogP contribution >= 0.6 is 11.5 Å². The molecule has 4 aromatic carbocycles. The van der Waals surface area contributed by atoms with Gasteiger partial charge in [-0.3, -0.25) is 4.79 Å². The number of para-hydroxylation sites is 2. The lowest BCUT2D eigenvalue weighted by Gasteiger charge is -2.11. The summed E-state index contributed by atoms with van der Waals surface area (Å²) in [4.78, 5) is 37.8. The van der Waals surface area contributed by atoms with Crippen LogP contribution in [0.25, 0.3) is 10.8 Å². The molecule has 0 unspecified atom stereocenters. The minimum atomic E-state index is -0.856.